The van der Waals surface area contributed by atoms with E-state index in [1.165, 1.54) is 0 Å². The second-order valence-electron chi connectivity index (χ2n) is 7.90. The molecule has 0 saturated carbocycles. The molecule has 0 bridgehead atoms. The van der Waals surface area contributed by atoms with Crippen molar-refractivity contribution in [2.24, 2.45) is 5.92 Å². The van der Waals surface area contributed by atoms with Gasteiger partial charge in [0.15, 0.2) is 11.5 Å². The van der Waals surface area contributed by atoms with Crippen molar-refractivity contribution in [1.29, 1.82) is 0 Å². The molecule has 0 aliphatic carbocycles. The molecule has 1 N–H and O–H groups in total. The Hall–Kier alpha value is -3.61. The van der Waals surface area contributed by atoms with Crippen molar-refractivity contribution in [3.8, 4) is 5.75 Å². The molecule has 0 radical (unpaired) electrons. The van der Waals surface area contributed by atoms with E-state index in [9.17, 15) is 4.79 Å². The molecule has 4 heterocycles. The van der Waals surface area contributed by atoms with Crippen LogP contribution in [-0.2, 0) is 11.3 Å². The van der Waals surface area contributed by atoms with Crippen LogP contribution in [0.3, 0.4) is 0 Å². The van der Waals surface area contributed by atoms with Crippen LogP contribution in [0.2, 0.25) is 0 Å². The van der Waals surface area contributed by atoms with Gasteiger partial charge in [-0.05, 0) is 54.8 Å². The number of hydrogen-bond acceptors (Lipinski definition) is 5. The maximum Gasteiger partial charge on any atom is 0.225 e. The number of amides is 1. The third-order valence-corrected chi connectivity index (χ3v) is 5.91. The third-order valence-electron chi connectivity index (χ3n) is 5.91. The first-order valence-corrected chi connectivity index (χ1v) is 10.6. The number of nitrogens with one attached hydrogen (secondary N) is 1. The fraction of sp³-hybridized carbons (Fsp3) is 0.292. The van der Waals surface area contributed by atoms with Gasteiger partial charge in [-0.1, -0.05) is 12.1 Å². The number of pyridine rings is 1. The summed E-state index contributed by atoms with van der Waals surface area (Å²) in [6.07, 6.45) is 5.63. The van der Waals surface area contributed by atoms with Gasteiger partial charge in [-0.3, -0.25) is 4.79 Å². The lowest BCUT2D eigenvalue weighted by Crippen LogP contribution is -2.43. The minimum atomic E-state index is -0.0735. The zero-order valence-electron chi connectivity index (χ0n) is 17.5. The lowest BCUT2D eigenvalue weighted by molar-refractivity contribution is -0.125. The largest absolute Gasteiger partial charge is 0.497 e. The van der Waals surface area contributed by atoms with Crippen molar-refractivity contribution < 1.29 is 9.53 Å². The number of ether oxygens (including phenoxy) is 1. The zero-order valence-corrected chi connectivity index (χ0v) is 17.5. The Balaban J connectivity index is 1.34. The highest BCUT2D eigenvalue weighted by Crippen LogP contribution is 2.28. The van der Waals surface area contributed by atoms with Crippen molar-refractivity contribution in [1.82, 2.24) is 19.7 Å². The van der Waals surface area contributed by atoms with Crippen LogP contribution < -0.4 is 15.0 Å². The maximum absolute atomic E-state index is 12.9. The molecule has 1 aliphatic rings. The summed E-state index contributed by atoms with van der Waals surface area (Å²) in [5.74, 6) is 1.69. The summed E-state index contributed by atoms with van der Waals surface area (Å²) in [4.78, 5) is 24.5. The average Bonchev–Trinajstić information content (AvgIpc) is 3.32. The van der Waals surface area contributed by atoms with E-state index in [1.807, 2.05) is 48.7 Å². The van der Waals surface area contributed by atoms with E-state index in [1.54, 1.807) is 13.3 Å². The van der Waals surface area contributed by atoms with Crippen LogP contribution in [0.25, 0.3) is 16.7 Å². The number of piperidine rings is 1. The van der Waals surface area contributed by atoms with Crippen LogP contribution in [-0.4, -0.2) is 40.5 Å². The molecule has 1 amide bonds. The van der Waals surface area contributed by atoms with E-state index >= 15 is 0 Å². The van der Waals surface area contributed by atoms with Gasteiger partial charge in [0.05, 0.1) is 24.1 Å². The van der Waals surface area contributed by atoms with Gasteiger partial charge in [-0.25, -0.2) is 9.97 Å². The summed E-state index contributed by atoms with van der Waals surface area (Å²) < 4.78 is 7.39. The number of fused-ring (bicyclic) bond motifs is 3. The molecular weight excluding hydrogens is 390 g/mol. The lowest BCUT2D eigenvalue weighted by Gasteiger charge is -2.33. The van der Waals surface area contributed by atoms with Crippen molar-refractivity contribution >= 4 is 28.4 Å². The summed E-state index contributed by atoms with van der Waals surface area (Å²) in [6, 6.07) is 15.8. The highest BCUT2D eigenvalue weighted by atomic mass is 16.5. The van der Waals surface area contributed by atoms with E-state index in [4.69, 9.17) is 9.72 Å². The Morgan fingerprint density at radius 1 is 1.19 bits per heavy atom. The molecule has 1 aliphatic heterocycles. The number of hydrogen-bond donors (Lipinski definition) is 1. The van der Waals surface area contributed by atoms with Gasteiger partial charge in [-0.2, -0.15) is 0 Å². The number of nitrogens with zero attached hydrogens (tertiary/aromatic N) is 4. The highest BCUT2D eigenvalue weighted by Gasteiger charge is 2.28. The predicted octanol–water partition coefficient (Wildman–Crippen LogP) is 3.42. The van der Waals surface area contributed by atoms with Gasteiger partial charge in [0, 0.05) is 32.0 Å². The van der Waals surface area contributed by atoms with Crippen LogP contribution in [0.5, 0.6) is 5.75 Å². The summed E-state index contributed by atoms with van der Waals surface area (Å²) in [7, 11) is 1.65. The molecule has 5 rings (SSSR count). The number of carbonyl (C=O) groups is 1. The molecule has 3 aromatic heterocycles. The number of rotatable bonds is 5. The molecule has 7 heteroatoms. The Labute approximate surface area is 180 Å². The molecular formula is C24H25N5O2. The lowest BCUT2D eigenvalue weighted by atomic mass is 9.97. The summed E-state index contributed by atoms with van der Waals surface area (Å²) in [6.45, 7) is 2.02. The predicted molar refractivity (Wildman–Crippen MR) is 120 cm³/mol. The van der Waals surface area contributed by atoms with Crippen molar-refractivity contribution in [3.63, 3.8) is 0 Å². The maximum atomic E-state index is 12.9. The summed E-state index contributed by atoms with van der Waals surface area (Å²) in [5, 5.41) is 3.09. The number of aromatic nitrogens is 3. The molecule has 158 valence electrons. The van der Waals surface area contributed by atoms with Crippen LogP contribution >= 0.6 is 0 Å². The van der Waals surface area contributed by atoms with Gasteiger partial charge >= 0.3 is 0 Å². The van der Waals surface area contributed by atoms with E-state index in [-0.39, 0.29) is 11.8 Å². The Kier molecular flexibility index (Phi) is 5.16. The first-order valence-electron chi connectivity index (χ1n) is 10.6. The molecule has 0 unspecified atom stereocenters. The van der Waals surface area contributed by atoms with Gasteiger partial charge in [-0.15, -0.1) is 0 Å². The monoisotopic (exact) mass is 415 g/mol. The van der Waals surface area contributed by atoms with Gasteiger partial charge in [0.1, 0.15) is 5.75 Å². The first kappa shape index (κ1) is 19.4. The standard InChI is InChI=1S/C24H25N5O2/c1-31-19-8-2-6-17(14-19)15-26-24(30)18-7-4-12-28(16-18)23-21-10-5-13-29(21)20-9-3-11-25-22(20)27-23/h2-3,5-6,8-11,13-14,18H,4,7,12,15-16H2,1H3,(H,26,30)/t18-/m0/s1. The van der Waals surface area contributed by atoms with Crippen LogP contribution in [0.15, 0.2) is 60.9 Å². The first-order chi connectivity index (χ1) is 15.2. The third kappa shape index (κ3) is 3.79. The molecule has 1 fully saturated rings. The van der Waals surface area contributed by atoms with Gasteiger partial charge < -0.3 is 19.4 Å². The Morgan fingerprint density at radius 3 is 3.00 bits per heavy atom. The second kappa shape index (κ2) is 8.26. The average molecular weight is 415 g/mol. The van der Waals surface area contributed by atoms with Crippen molar-refractivity contribution in [3.05, 3.63) is 66.5 Å². The topological polar surface area (TPSA) is 71.8 Å². The van der Waals surface area contributed by atoms with Crippen LogP contribution in [0.1, 0.15) is 18.4 Å². The van der Waals surface area contributed by atoms with E-state index < -0.39 is 0 Å². The molecule has 0 spiro atoms. The highest BCUT2D eigenvalue weighted by molar-refractivity contribution is 5.84. The number of methoxy groups -OCH3 is 1. The van der Waals surface area contributed by atoms with E-state index in [0.717, 1.165) is 47.6 Å². The van der Waals surface area contributed by atoms with Crippen molar-refractivity contribution in [2.45, 2.75) is 19.4 Å². The molecule has 1 saturated heterocycles. The van der Waals surface area contributed by atoms with E-state index in [2.05, 4.69) is 25.7 Å². The molecule has 7 nitrogen and oxygen atoms in total. The van der Waals surface area contributed by atoms with Gasteiger partial charge in [0.2, 0.25) is 5.91 Å². The minimum Gasteiger partial charge on any atom is -0.497 e. The normalized spacial score (nSPS) is 16.5. The fourth-order valence-corrected chi connectivity index (χ4v) is 4.33. The molecule has 1 aromatic carbocycles. The number of benzene rings is 1. The Morgan fingerprint density at radius 2 is 2.10 bits per heavy atom. The summed E-state index contributed by atoms with van der Waals surface area (Å²) >= 11 is 0. The Bertz CT molecular complexity index is 1240. The number of carbonyl (C=O) groups excluding carboxylic acids is 1. The smallest absolute Gasteiger partial charge is 0.225 e. The molecule has 4 aromatic rings. The number of anilines is 1. The quantitative estimate of drug-likeness (QED) is 0.541. The van der Waals surface area contributed by atoms with Crippen LogP contribution in [0, 0.1) is 5.92 Å². The van der Waals surface area contributed by atoms with Gasteiger partial charge in [0.25, 0.3) is 0 Å². The zero-order chi connectivity index (χ0) is 21.2. The molecule has 31 heavy (non-hydrogen) atoms. The minimum absolute atomic E-state index is 0.0735. The van der Waals surface area contributed by atoms with E-state index in [0.29, 0.717) is 18.7 Å². The second-order valence-corrected chi connectivity index (χ2v) is 7.90. The SMILES string of the molecule is COc1cccc(CNC(=O)[C@H]2CCCN(c3nc4ncccc4n4cccc34)C2)c1. The van der Waals surface area contributed by atoms with Crippen LogP contribution in [0.4, 0.5) is 5.82 Å². The van der Waals surface area contributed by atoms with Crippen molar-refractivity contribution in [2.75, 3.05) is 25.1 Å². The summed E-state index contributed by atoms with van der Waals surface area (Å²) in [5.41, 5.74) is 3.76. The molecule has 1 atom stereocenters. The fourth-order valence-electron chi connectivity index (χ4n) is 4.33.